The van der Waals surface area contributed by atoms with Crippen LogP contribution in [0.25, 0.3) is 0 Å². The van der Waals surface area contributed by atoms with Gasteiger partial charge in [0.2, 0.25) is 0 Å². The summed E-state index contributed by atoms with van der Waals surface area (Å²) in [6.45, 7) is 3.64. The molecule has 0 bridgehead atoms. The van der Waals surface area contributed by atoms with Crippen molar-refractivity contribution in [3.63, 3.8) is 0 Å². The second-order valence-corrected chi connectivity index (χ2v) is 3.77. The molecule has 1 fully saturated rings. The number of ether oxygens (including phenoxy) is 2. The SMILES string of the molecule is C/C=C/[C@@H]1O[C@H]2C(=C[C@@H]1O)C(=O)O[C@H]2C. The smallest absolute Gasteiger partial charge is 0.336 e. The molecule has 4 heteroatoms. The Morgan fingerprint density at radius 2 is 2.27 bits per heavy atom. The maximum Gasteiger partial charge on any atom is 0.336 e. The highest BCUT2D eigenvalue weighted by atomic mass is 16.6. The fourth-order valence-electron chi connectivity index (χ4n) is 1.89. The van der Waals surface area contributed by atoms with Gasteiger partial charge in [-0.25, -0.2) is 4.79 Å². The van der Waals surface area contributed by atoms with Crippen LogP contribution >= 0.6 is 0 Å². The second-order valence-electron chi connectivity index (χ2n) is 3.77. The molecule has 82 valence electrons. The van der Waals surface area contributed by atoms with Crippen molar-refractivity contribution in [1.29, 1.82) is 0 Å². The monoisotopic (exact) mass is 210 g/mol. The number of allylic oxidation sites excluding steroid dienone is 1. The summed E-state index contributed by atoms with van der Waals surface area (Å²) in [5, 5.41) is 9.69. The lowest BCUT2D eigenvalue weighted by atomic mass is 10.00. The number of hydrogen-bond donors (Lipinski definition) is 1. The van der Waals surface area contributed by atoms with Crippen molar-refractivity contribution in [2.45, 2.75) is 38.3 Å². The van der Waals surface area contributed by atoms with E-state index in [1.807, 2.05) is 13.0 Å². The minimum absolute atomic E-state index is 0.274. The van der Waals surface area contributed by atoms with Crippen molar-refractivity contribution < 1.29 is 19.4 Å². The van der Waals surface area contributed by atoms with Gasteiger partial charge in [-0.3, -0.25) is 0 Å². The van der Waals surface area contributed by atoms with Crippen LogP contribution in [-0.2, 0) is 14.3 Å². The van der Waals surface area contributed by atoms with Crippen LogP contribution < -0.4 is 0 Å². The molecule has 0 aromatic carbocycles. The van der Waals surface area contributed by atoms with E-state index in [1.54, 1.807) is 13.0 Å². The molecule has 4 atom stereocenters. The van der Waals surface area contributed by atoms with Crippen LogP contribution in [0.1, 0.15) is 13.8 Å². The summed E-state index contributed by atoms with van der Waals surface area (Å²) >= 11 is 0. The summed E-state index contributed by atoms with van der Waals surface area (Å²) in [6.07, 6.45) is 3.34. The molecule has 0 spiro atoms. The van der Waals surface area contributed by atoms with Crippen molar-refractivity contribution in [3.8, 4) is 0 Å². The zero-order chi connectivity index (χ0) is 11.0. The number of carbonyl (C=O) groups excluding carboxylic acids is 1. The average Bonchev–Trinajstić information content (AvgIpc) is 2.44. The van der Waals surface area contributed by atoms with Crippen LogP contribution in [0.4, 0.5) is 0 Å². The molecule has 4 nitrogen and oxygen atoms in total. The summed E-state index contributed by atoms with van der Waals surface area (Å²) in [5.41, 5.74) is 0.441. The van der Waals surface area contributed by atoms with E-state index >= 15 is 0 Å². The van der Waals surface area contributed by atoms with E-state index in [2.05, 4.69) is 0 Å². The minimum Gasteiger partial charge on any atom is -0.456 e. The van der Waals surface area contributed by atoms with Gasteiger partial charge >= 0.3 is 5.97 Å². The zero-order valence-corrected chi connectivity index (χ0v) is 8.71. The van der Waals surface area contributed by atoms with E-state index in [-0.39, 0.29) is 24.3 Å². The number of carbonyl (C=O) groups is 1. The summed E-state index contributed by atoms with van der Waals surface area (Å²) in [5.74, 6) is -0.384. The number of rotatable bonds is 1. The van der Waals surface area contributed by atoms with E-state index in [0.29, 0.717) is 5.57 Å². The molecule has 2 aliphatic rings. The molecule has 0 amide bonds. The Labute approximate surface area is 88.2 Å². The quantitative estimate of drug-likeness (QED) is 0.507. The first-order valence-corrected chi connectivity index (χ1v) is 5.02. The Kier molecular flexibility index (Phi) is 2.63. The Balaban J connectivity index is 2.26. The van der Waals surface area contributed by atoms with Gasteiger partial charge in [-0.1, -0.05) is 12.2 Å². The third-order valence-electron chi connectivity index (χ3n) is 2.63. The lowest BCUT2D eigenvalue weighted by molar-refractivity contribution is -0.139. The highest BCUT2D eigenvalue weighted by Gasteiger charge is 2.43. The summed E-state index contributed by atoms with van der Waals surface area (Å²) in [6, 6.07) is 0. The van der Waals surface area contributed by atoms with Crippen LogP contribution in [-0.4, -0.2) is 35.5 Å². The third kappa shape index (κ3) is 1.70. The Morgan fingerprint density at radius 1 is 1.53 bits per heavy atom. The Bertz CT molecular complexity index is 331. The number of aliphatic hydroxyl groups excluding tert-OH is 1. The number of esters is 1. The molecule has 2 heterocycles. The molecule has 0 aromatic heterocycles. The molecule has 0 aliphatic carbocycles. The van der Waals surface area contributed by atoms with E-state index < -0.39 is 6.10 Å². The average molecular weight is 210 g/mol. The van der Waals surface area contributed by atoms with E-state index in [4.69, 9.17) is 9.47 Å². The fraction of sp³-hybridized carbons (Fsp3) is 0.545. The lowest BCUT2D eigenvalue weighted by Crippen LogP contribution is -2.38. The normalized spacial score (nSPS) is 40.2. The molecule has 1 N–H and O–H groups in total. The Hall–Kier alpha value is -1.13. The van der Waals surface area contributed by atoms with Gasteiger partial charge in [0.05, 0.1) is 5.57 Å². The maximum atomic E-state index is 11.3. The first kappa shape index (κ1) is 10.4. The van der Waals surface area contributed by atoms with Crippen LogP contribution in [0, 0.1) is 0 Å². The van der Waals surface area contributed by atoms with Crippen LogP contribution in [0.15, 0.2) is 23.8 Å². The van der Waals surface area contributed by atoms with Gasteiger partial charge in [0.1, 0.15) is 24.4 Å². The largest absolute Gasteiger partial charge is 0.456 e. The van der Waals surface area contributed by atoms with Crippen molar-refractivity contribution in [2.24, 2.45) is 0 Å². The summed E-state index contributed by atoms with van der Waals surface area (Å²) < 4.78 is 10.6. The predicted octanol–water partition coefficient (Wildman–Crippen LogP) is 0.562. The van der Waals surface area contributed by atoms with Gasteiger partial charge in [0.15, 0.2) is 0 Å². The van der Waals surface area contributed by atoms with E-state index in [9.17, 15) is 9.90 Å². The van der Waals surface area contributed by atoms with Gasteiger partial charge in [0, 0.05) is 0 Å². The first-order valence-electron chi connectivity index (χ1n) is 5.02. The molecular formula is C11H14O4. The predicted molar refractivity (Wildman–Crippen MR) is 53.1 cm³/mol. The molecule has 2 rings (SSSR count). The molecule has 0 saturated carbocycles. The van der Waals surface area contributed by atoms with Gasteiger partial charge in [-0.05, 0) is 19.9 Å². The number of cyclic esters (lactones) is 1. The lowest BCUT2D eigenvalue weighted by Gasteiger charge is -2.28. The van der Waals surface area contributed by atoms with Gasteiger partial charge in [0.25, 0.3) is 0 Å². The highest BCUT2D eigenvalue weighted by Crippen LogP contribution is 2.30. The standard InChI is InChI=1S/C11H14O4/c1-3-4-9-8(12)5-7-10(15-9)6(2)14-11(7)13/h3-6,8-10,12H,1-2H3/b4-3+/t6-,8-,9-,10+/m0/s1. The van der Waals surface area contributed by atoms with Crippen molar-refractivity contribution in [2.75, 3.05) is 0 Å². The molecular weight excluding hydrogens is 196 g/mol. The zero-order valence-electron chi connectivity index (χ0n) is 8.71. The molecule has 1 saturated heterocycles. The van der Waals surface area contributed by atoms with E-state index in [0.717, 1.165) is 0 Å². The highest BCUT2D eigenvalue weighted by molar-refractivity contribution is 5.92. The maximum absolute atomic E-state index is 11.3. The first-order chi connectivity index (χ1) is 7.13. The van der Waals surface area contributed by atoms with E-state index in [1.165, 1.54) is 6.08 Å². The molecule has 0 unspecified atom stereocenters. The van der Waals surface area contributed by atoms with Crippen LogP contribution in [0.3, 0.4) is 0 Å². The van der Waals surface area contributed by atoms with Crippen LogP contribution in [0.2, 0.25) is 0 Å². The van der Waals surface area contributed by atoms with Gasteiger partial charge < -0.3 is 14.6 Å². The van der Waals surface area contributed by atoms with Gasteiger partial charge in [-0.2, -0.15) is 0 Å². The van der Waals surface area contributed by atoms with Crippen molar-refractivity contribution in [3.05, 3.63) is 23.8 Å². The Morgan fingerprint density at radius 3 is 2.93 bits per heavy atom. The number of fused-ring (bicyclic) bond motifs is 1. The summed E-state index contributed by atoms with van der Waals surface area (Å²) in [7, 11) is 0. The molecule has 0 radical (unpaired) electrons. The molecule has 2 aliphatic heterocycles. The van der Waals surface area contributed by atoms with Crippen molar-refractivity contribution in [1.82, 2.24) is 0 Å². The minimum atomic E-state index is -0.773. The molecule has 15 heavy (non-hydrogen) atoms. The number of aliphatic hydroxyl groups is 1. The molecule has 0 aromatic rings. The third-order valence-corrected chi connectivity index (χ3v) is 2.63. The fourth-order valence-corrected chi connectivity index (χ4v) is 1.89. The van der Waals surface area contributed by atoms with Gasteiger partial charge in [-0.15, -0.1) is 0 Å². The van der Waals surface area contributed by atoms with Crippen molar-refractivity contribution >= 4 is 5.97 Å². The number of hydrogen-bond acceptors (Lipinski definition) is 4. The summed E-state index contributed by atoms with van der Waals surface area (Å²) in [4.78, 5) is 11.3. The topological polar surface area (TPSA) is 55.8 Å². The second kappa shape index (κ2) is 3.79. The van der Waals surface area contributed by atoms with Crippen LogP contribution in [0.5, 0.6) is 0 Å².